The van der Waals surface area contributed by atoms with Gasteiger partial charge in [0.05, 0.1) is 6.54 Å². The molecule has 126 valence electrons. The molecule has 3 rings (SSSR count). The smallest absolute Gasteiger partial charge is 0.346 e. The summed E-state index contributed by atoms with van der Waals surface area (Å²) in [6.45, 7) is -3.14. The number of nitrogens with one attached hydrogen (secondary N) is 1. The maximum absolute atomic E-state index is 12.8. The number of benzene rings is 1. The van der Waals surface area contributed by atoms with Crippen LogP contribution in [0.25, 0.3) is 5.57 Å². The van der Waals surface area contributed by atoms with Crippen LogP contribution in [-0.4, -0.2) is 25.0 Å². The largest absolute Gasteiger partial charge is 0.368 e. The summed E-state index contributed by atoms with van der Waals surface area (Å²) in [4.78, 5) is 22.8. The van der Waals surface area contributed by atoms with E-state index in [0.717, 1.165) is 17.6 Å². The Balaban J connectivity index is 1.94. The second-order valence-electron chi connectivity index (χ2n) is 5.61. The van der Waals surface area contributed by atoms with Gasteiger partial charge >= 0.3 is 6.61 Å². The van der Waals surface area contributed by atoms with E-state index in [4.69, 9.17) is 10.5 Å². The van der Waals surface area contributed by atoms with Gasteiger partial charge in [-0.1, -0.05) is 18.2 Å². The predicted molar refractivity (Wildman–Crippen MR) is 83.1 cm³/mol. The van der Waals surface area contributed by atoms with Gasteiger partial charge in [-0.15, -0.1) is 0 Å². The van der Waals surface area contributed by atoms with Gasteiger partial charge < -0.3 is 15.8 Å². The van der Waals surface area contributed by atoms with Crippen LogP contribution in [0.15, 0.2) is 35.9 Å². The number of nitrogens with two attached hydrogens (primary N) is 1. The number of primary amides is 1. The van der Waals surface area contributed by atoms with E-state index in [1.54, 1.807) is 12.1 Å². The minimum atomic E-state index is -2.88. The Hall–Kier alpha value is -2.54. The van der Waals surface area contributed by atoms with Gasteiger partial charge in [-0.25, -0.2) is 0 Å². The number of allylic oxidation sites excluding steroid dienone is 3. The molecule has 0 saturated heterocycles. The Morgan fingerprint density at radius 2 is 2.17 bits per heavy atom. The first-order valence-corrected chi connectivity index (χ1v) is 7.51. The van der Waals surface area contributed by atoms with Crippen molar-refractivity contribution < 1.29 is 23.1 Å². The Kier molecular flexibility index (Phi) is 4.44. The Morgan fingerprint density at radius 1 is 1.38 bits per heavy atom. The minimum absolute atomic E-state index is 0.263. The highest BCUT2D eigenvalue weighted by molar-refractivity contribution is 5.98. The molecule has 1 aromatic carbocycles. The fourth-order valence-electron chi connectivity index (χ4n) is 3.09. The number of fused-ring (bicyclic) bond motifs is 2. The number of ether oxygens (including phenoxy) is 1. The summed E-state index contributed by atoms with van der Waals surface area (Å²) < 4.78 is 30.3. The van der Waals surface area contributed by atoms with Crippen molar-refractivity contribution in [2.75, 3.05) is 6.54 Å². The van der Waals surface area contributed by atoms with Gasteiger partial charge in [0, 0.05) is 5.56 Å². The normalized spacial score (nSPS) is 18.5. The molecule has 0 aliphatic heterocycles. The molecule has 7 heteroatoms. The van der Waals surface area contributed by atoms with Crippen molar-refractivity contribution in [2.24, 2.45) is 5.73 Å². The van der Waals surface area contributed by atoms with E-state index in [-0.39, 0.29) is 6.54 Å². The topological polar surface area (TPSA) is 81.4 Å². The Morgan fingerprint density at radius 3 is 2.88 bits per heavy atom. The monoisotopic (exact) mass is 334 g/mol. The van der Waals surface area contributed by atoms with Gasteiger partial charge in [0.2, 0.25) is 5.91 Å². The molecule has 2 aliphatic rings. The second-order valence-corrected chi connectivity index (χ2v) is 5.61. The predicted octanol–water partition coefficient (Wildman–Crippen LogP) is 2.30. The first kappa shape index (κ1) is 16.3. The number of carbonyl (C=O) groups excluding carboxylic acids is 2. The number of amides is 2. The average molecular weight is 334 g/mol. The molecular weight excluding hydrogens is 318 g/mol. The summed E-state index contributed by atoms with van der Waals surface area (Å²) in [5.74, 6) is -1.09. The van der Waals surface area contributed by atoms with Crippen molar-refractivity contribution in [1.82, 2.24) is 5.32 Å². The number of alkyl halides is 2. The van der Waals surface area contributed by atoms with E-state index in [2.05, 4.69) is 5.32 Å². The van der Waals surface area contributed by atoms with Gasteiger partial charge in [-0.2, -0.15) is 8.78 Å². The molecule has 0 heterocycles. The van der Waals surface area contributed by atoms with E-state index in [1.807, 2.05) is 12.2 Å². The number of hydrogen-bond acceptors (Lipinski definition) is 3. The second kappa shape index (κ2) is 6.52. The molecule has 0 radical (unpaired) electrons. The van der Waals surface area contributed by atoms with Crippen molar-refractivity contribution >= 4 is 17.4 Å². The highest BCUT2D eigenvalue weighted by Gasteiger charge is 2.34. The van der Waals surface area contributed by atoms with Crippen LogP contribution in [0.2, 0.25) is 0 Å². The minimum Gasteiger partial charge on any atom is -0.368 e. The highest BCUT2D eigenvalue weighted by Crippen LogP contribution is 2.47. The summed E-state index contributed by atoms with van der Waals surface area (Å²) in [6, 6.07) is 4.78. The Labute approximate surface area is 137 Å². The molecule has 24 heavy (non-hydrogen) atoms. The highest BCUT2D eigenvalue weighted by atomic mass is 19.3. The summed E-state index contributed by atoms with van der Waals surface area (Å²) in [5, 5.41) is 2.41. The number of carbonyl (C=O) groups is 2. The fraction of sp³-hybridized carbons (Fsp3) is 0.294. The van der Waals surface area contributed by atoms with Crippen LogP contribution in [0, 0.1) is 0 Å². The molecule has 2 aliphatic carbocycles. The van der Waals surface area contributed by atoms with E-state index in [1.165, 1.54) is 6.07 Å². The van der Waals surface area contributed by atoms with Crippen LogP contribution in [0.1, 0.15) is 40.4 Å². The lowest BCUT2D eigenvalue weighted by Gasteiger charge is -2.18. The van der Waals surface area contributed by atoms with Crippen LogP contribution >= 0.6 is 0 Å². The van der Waals surface area contributed by atoms with Crippen LogP contribution in [0.4, 0.5) is 8.78 Å². The first-order chi connectivity index (χ1) is 11.5. The van der Waals surface area contributed by atoms with Gasteiger partial charge in [0.15, 0.2) is 0 Å². The van der Waals surface area contributed by atoms with Gasteiger partial charge in [-0.3, -0.25) is 9.59 Å². The first-order valence-electron chi connectivity index (χ1n) is 7.51. The molecule has 3 N–H and O–H groups in total. The van der Waals surface area contributed by atoms with Gasteiger partial charge in [0.1, 0.15) is 6.10 Å². The summed E-state index contributed by atoms with van der Waals surface area (Å²) in [7, 11) is 0. The van der Waals surface area contributed by atoms with Crippen molar-refractivity contribution in [3.8, 4) is 0 Å². The molecule has 1 unspecified atom stereocenters. The van der Waals surface area contributed by atoms with Crippen LogP contribution in [0.5, 0.6) is 0 Å². The zero-order chi connectivity index (χ0) is 17.3. The molecule has 1 atom stereocenters. The summed E-state index contributed by atoms with van der Waals surface area (Å²) in [6.07, 6.45) is 4.45. The van der Waals surface area contributed by atoms with Crippen molar-refractivity contribution in [3.05, 3.63) is 52.6 Å². The lowest BCUT2D eigenvalue weighted by molar-refractivity contribution is -0.154. The van der Waals surface area contributed by atoms with Crippen LogP contribution < -0.4 is 11.1 Å². The van der Waals surface area contributed by atoms with Gasteiger partial charge in [0.25, 0.3) is 5.91 Å². The standard InChI is InChI=1S/C17H16F2N2O3/c18-17(19)24-15-11-4-2-1-3-10(11)13-7-9(5-6-12(13)15)16(23)21-8-14(20)22/h1,3,5-7,15,17H,2,4,8H2,(H2,20,22)(H,21,23). The SMILES string of the molecule is NC(=O)CNC(=O)c1ccc2c(c1)C1=C(CCC=C1)C2OC(F)F. The quantitative estimate of drug-likeness (QED) is 0.867. The average Bonchev–Trinajstić information content (AvgIpc) is 2.86. The van der Waals surface area contributed by atoms with Crippen molar-refractivity contribution in [3.63, 3.8) is 0 Å². The third-order valence-corrected chi connectivity index (χ3v) is 4.08. The molecule has 2 amide bonds. The zero-order valence-corrected chi connectivity index (χ0v) is 12.7. The lowest BCUT2D eigenvalue weighted by Crippen LogP contribution is -2.33. The summed E-state index contributed by atoms with van der Waals surface area (Å²) in [5.41, 5.74) is 8.30. The molecule has 0 bridgehead atoms. The Bertz CT molecular complexity index is 756. The number of rotatable bonds is 5. The van der Waals surface area contributed by atoms with Crippen molar-refractivity contribution in [2.45, 2.75) is 25.6 Å². The molecule has 0 fully saturated rings. The zero-order valence-electron chi connectivity index (χ0n) is 12.7. The lowest BCUT2D eigenvalue weighted by atomic mass is 9.97. The third kappa shape index (κ3) is 3.07. The van der Waals surface area contributed by atoms with E-state index in [9.17, 15) is 18.4 Å². The maximum Gasteiger partial charge on any atom is 0.346 e. The number of halogens is 2. The summed E-state index contributed by atoms with van der Waals surface area (Å²) >= 11 is 0. The molecule has 0 spiro atoms. The molecule has 1 aromatic rings. The van der Waals surface area contributed by atoms with Crippen LogP contribution in [-0.2, 0) is 9.53 Å². The van der Waals surface area contributed by atoms with E-state index >= 15 is 0 Å². The van der Waals surface area contributed by atoms with E-state index in [0.29, 0.717) is 23.1 Å². The van der Waals surface area contributed by atoms with E-state index < -0.39 is 24.5 Å². The van der Waals surface area contributed by atoms with Crippen molar-refractivity contribution in [1.29, 1.82) is 0 Å². The molecule has 5 nitrogen and oxygen atoms in total. The third-order valence-electron chi connectivity index (χ3n) is 4.08. The maximum atomic E-state index is 12.8. The molecule has 0 saturated carbocycles. The fourth-order valence-corrected chi connectivity index (χ4v) is 3.09. The molecule has 0 aromatic heterocycles. The van der Waals surface area contributed by atoms with Crippen LogP contribution in [0.3, 0.4) is 0 Å². The number of hydrogen-bond donors (Lipinski definition) is 2. The molecular formula is C17H16F2N2O3. The van der Waals surface area contributed by atoms with Gasteiger partial charge in [-0.05, 0) is 47.2 Å².